The highest BCUT2D eigenvalue weighted by atomic mass is 16.3. The summed E-state index contributed by atoms with van der Waals surface area (Å²) >= 11 is 0. The molecule has 0 unspecified atom stereocenters. The second-order valence-electron chi connectivity index (χ2n) is 14.1. The van der Waals surface area contributed by atoms with Gasteiger partial charge in [-0.3, -0.25) is 0 Å². The zero-order chi connectivity index (χ0) is 42.8. The first-order valence-electron chi connectivity index (χ1n) is 18.4. The molecule has 0 fully saturated rings. The number of nitrogens with zero attached hydrogens (tertiary/aromatic N) is 6. The van der Waals surface area contributed by atoms with Gasteiger partial charge in [0.25, 0.3) is 0 Å². The first kappa shape index (κ1) is 40.0. The average Bonchev–Trinajstić information content (AvgIpc) is 3.18. The molecule has 8 rings (SSSR count). The summed E-state index contributed by atoms with van der Waals surface area (Å²) in [5, 5.41) is 79.4. The molecule has 60 heavy (non-hydrogen) atoms. The van der Waals surface area contributed by atoms with Crippen LogP contribution in [-0.4, -0.2) is 70.8 Å². The van der Waals surface area contributed by atoms with Gasteiger partial charge >= 0.3 is 0 Å². The molecule has 0 amide bonds. The summed E-state index contributed by atoms with van der Waals surface area (Å²) in [7, 11) is 0. The number of rotatable bonds is 6. The van der Waals surface area contributed by atoms with Crippen molar-refractivity contribution in [3.63, 3.8) is 0 Å². The zero-order valence-electron chi connectivity index (χ0n) is 32.7. The van der Waals surface area contributed by atoms with E-state index in [1.807, 2.05) is 52.0 Å². The van der Waals surface area contributed by atoms with E-state index in [0.717, 1.165) is 51.6 Å². The molecule has 0 saturated carbocycles. The van der Waals surface area contributed by atoms with E-state index >= 15 is 0 Å². The molecule has 300 valence electrons. The normalized spacial score (nSPS) is 10.9. The van der Waals surface area contributed by atoms with E-state index in [0.29, 0.717) is 23.0 Å². The van der Waals surface area contributed by atoms with Gasteiger partial charge in [-0.1, -0.05) is 47.5 Å². The van der Waals surface area contributed by atoms with Gasteiger partial charge < -0.3 is 40.9 Å². The van der Waals surface area contributed by atoms with E-state index in [4.69, 9.17) is 4.98 Å². The Balaban J connectivity index is 0.000000181. The summed E-state index contributed by atoms with van der Waals surface area (Å²) in [5.41, 5.74) is 7.24. The third-order valence-corrected chi connectivity index (χ3v) is 9.41. The minimum atomic E-state index is -0.289. The van der Waals surface area contributed by atoms with Crippen LogP contribution in [0.2, 0.25) is 0 Å². The number of phenols is 8. The molecule has 0 aliphatic carbocycles. The number of hydrogen-bond acceptors (Lipinski definition) is 14. The molecule has 0 bridgehead atoms. The molecule has 2 heterocycles. The van der Waals surface area contributed by atoms with Gasteiger partial charge in [0.1, 0.15) is 46.0 Å². The van der Waals surface area contributed by atoms with Gasteiger partial charge in [-0.2, -0.15) is 0 Å². The summed E-state index contributed by atoms with van der Waals surface area (Å²) in [4.78, 5) is 27.0. The molecule has 0 atom stereocenters. The van der Waals surface area contributed by atoms with Crippen molar-refractivity contribution in [3.8, 4) is 114 Å². The highest BCUT2D eigenvalue weighted by Crippen LogP contribution is 2.38. The lowest BCUT2D eigenvalue weighted by Crippen LogP contribution is -2.02. The maximum Gasteiger partial charge on any atom is 0.167 e. The molecule has 8 aromatic rings. The summed E-state index contributed by atoms with van der Waals surface area (Å²) < 4.78 is 0. The van der Waals surface area contributed by atoms with Crippen LogP contribution in [0.4, 0.5) is 0 Å². The van der Waals surface area contributed by atoms with Gasteiger partial charge in [0, 0.05) is 35.4 Å². The highest BCUT2D eigenvalue weighted by molar-refractivity contribution is 5.75. The van der Waals surface area contributed by atoms with Gasteiger partial charge in [-0.15, -0.1) is 0 Å². The van der Waals surface area contributed by atoms with Gasteiger partial charge in [-0.05, 0) is 87.4 Å². The molecule has 0 saturated heterocycles. The van der Waals surface area contributed by atoms with E-state index in [1.165, 1.54) is 48.5 Å². The van der Waals surface area contributed by atoms with Crippen molar-refractivity contribution in [2.45, 2.75) is 27.7 Å². The second-order valence-corrected chi connectivity index (χ2v) is 14.1. The molecule has 0 spiro atoms. The number of hydrogen-bond donors (Lipinski definition) is 8. The van der Waals surface area contributed by atoms with Crippen molar-refractivity contribution in [1.29, 1.82) is 0 Å². The van der Waals surface area contributed by atoms with Crippen LogP contribution in [0.3, 0.4) is 0 Å². The average molecular weight is 803 g/mol. The van der Waals surface area contributed by atoms with Crippen LogP contribution in [0.25, 0.3) is 68.3 Å². The van der Waals surface area contributed by atoms with Gasteiger partial charge in [-0.25, -0.2) is 29.9 Å². The van der Waals surface area contributed by atoms with E-state index < -0.39 is 0 Å². The maximum absolute atomic E-state index is 10.4. The third kappa shape index (κ3) is 8.52. The first-order valence-corrected chi connectivity index (χ1v) is 18.4. The first-order chi connectivity index (χ1) is 28.6. The van der Waals surface area contributed by atoms with Gasteiger partial charge in [0.2, 0.25) is 0 Å². The number of phenolic OH excluding ortho intramolecular Hbond substituents is 8. The Morgan fingerprint density at radius 3 is 0.700 bits per heavy atom. The lowest BCUT2D eigenvalue weighted by Gasteiger charge is -2.12. The van der Waals surface area contributed by atoms with Crippen molar-refractivity contribution in [2.24, 2.45) is 0 Å². The molecule has 14 nitrogen and oxygen atoms in total. The Morgan fingerprint density at radius 1 is 0.267 bits per heavy atom. The van der Waals surface area contributed by atoms with E-state index in [2.05, 4.69) is 37.1 Å². The third-order valence-electron chi connectivity index (χ3n) is 9.41. The van der Waals surface area contributed by atoms with Crippen LogP contribution in [0.1, 0.15) is 22.3 Å². The quantitative estimate of drug-likeness (QED) is 0.0785. The van der Waals surface area contributed by atoms with Crippen LogP contribution < -0.4 is 0 Å². The van der Waals surface area contributed by atoms with Crippen molar-refractivity contribution < 1.29 is 40.9 Å². The largest absolute Gasteiger partial charge is 0.508 e. The fourth-order valence-electron chi connectivity index (χ4n) is 6.44. The molecular formula is C46H38N6O8. The Labute approximate surface area is 343 Å². The molecule has 0 radical (unpaired) electrons. The fraction of sp³-hybridized carbons (Fsp3) is 0.0870. The minimum Gasteiger partial charge on any atom is -0.508 e. The standard InChI is InChI=1S/C25H23N3O2.C21H15N3O6/c1-14-5-8-19(16(3)11-14)23-26-24(20-9-6-15(2)12-17(20)4)28-25(27-23)21-10-7-18(29)13-22(21)30;25-10-1-4-13(16(28)7-10)19-22-20(14-5-2-11(26)8-17(14)29)24-21(23-19)15-6-3-12(27)9-18(15)30/h5-13,29-30H,1-4H3;1-9,25-30H. The summed E-state index contributed by atoms with van der Waals surface area (Å²) in [6.07, 6.45) is 0. The van der Waals surface area contributed by atoms with Gasteiger partial charge in [0.05, 0.1) is 22.3 Å². The van der Waals surface area contributed by atoms with Crippen molar-refractivity contribution in [3.05, 3.63) is 131 Å². The number of aromatic hydroxyl groups is 8. The predicted molar refractivity (Wildman–Crippen MR) is 225 cm³/mol. The summed E-state index contributed by atoms with van der Waals surface area (Å²) in [6, 6.07) is 28.2. The molecule has 6 aromatic carbocycles. The van der Waals surface area contributed by atoms with Crippen LogP contribution >= 0.6 is 0 Å². The summed E-state index contributed by atoms with van der Waals surface area (Å²) in [6.45, 7) is 8.15. The van der Waals surface area contributed by atoms with E-state index in [-0.39, 0.29) is 80.2 Å². The van der Waals surface area contributed by atoms with Crippen LogP contribution in [0, 0.1) is 27.7 Å². The Morgan fingerprint density at radius 2 is 0.483 bits per heavy atom. The van der Waals surface area contributed by atoms with Crippen LogP contribution in [-0.2, 0) is 0 Å². The Bertz CT molecular complexity index is 2400. The van der Waals surface area contributed by atoms with Crippen molar-refractivity contribution >= 4 is 0 Å². The number of benzene rings is 6. The van der Waals surface area contributed by atoms with Crippen molar-refractivity contribution in [1.82, 2.24) is 29.9 Å². The topological polar surface area (TPSA) is 239 Å². The fourth-order valence-corrected chi connectivity index (χ4v) is 6.44. The molecule has 0 aliphatic rings. The summed E-state index contributed by atoms with van der Waals surface area (Å²) in [5.74, 6) is 0.0248. The smallest absolute Gasteiger partial charge is 0.167 e. The monoisotopic (exact) mass is 802 g/mol. The van der Waals surface area contributed by atoms with Crippen LogP contribution in [0.5, 0.6) is 46.0 Å². The van der Waals surface area contributed by atoms with Crippen LogP contribution in [0.15, 0.2) is 109 Å². The van der Waals surface area contributed by atoms with E-state index in [1.54, 1.807) is 6.07 Å². The Hall–Kier alpha value is -8.26. The number of aromatic nitrogens is 6. The SMILES string of the molecule is Cc1ccc(-c2nc(-c3ccc(C)cc3C)nc(-c3ccc(O)cc3O)n2)c(C)c1.Oc1ccc(-c2nc(-c3ccc(O)cc3O)nc(-c3ccc(O)cc3O)n2)c(O)c1. The minimum absolute atomic E-state index is 0.00690. The maximum atomic E-state index is 10.4. The second kappa shape index (κ2) is 16.3. The molecular weight excluding hydrogens is 765 g/mol. The molecule has 2 aromatic heterocycles. The molecule has 0 aliphatic heterocycles. The van der Waals surface area contributed by atoms with Gasteiger partial charge in [0.15, 0.2) is 34.9 Å². The number of aryl methyl sites for hydroxylation is 4. The van der Waals surface area contributed by atoms with Crippen molar-refractivity contribution in [2.75, 3.05) is 0 Å². The molecule has 14 heteroatoms. The predicted octanol–water partition coefficient (Wildman–Crippen LogP) is 8.62. The lowest BCUT2D eigenvalue weighted by molar-refractivity contribution is 0.450. The lowest BCUT2D eigenvalue weighted by atomic mass is 10.0. The Kier molecular flexibility index (Phi) is 10.9. The molecule has 8 N–H and O–H groups in total. The highest BCUT2D eigenvalue weighted by Gasteiger charge is 2.20. The van der Waals surface area contributed by atoms with E-state index in [9.17, 15) is 40.9 Å². The zero-order valence-corrected chi connectivity index (χ0v) is 32.7.